The topological polar surface area (TPSA) is 90.3 Å². The number of rotatable bonds is 10. The Hall–Kier alpha value is -2.98. The average molecular weight is 587 g/mol. The Morgan fingerprint density at radius 1 is 1.16 bits per heavy atom. The largest absolute Gasteiger partial charge is 0.490 e. The molecular formula is C27H32BrN5O3S. The van der Waals surface area contributed by atoms with Crippen LogP contribution in [0.25, 0.3) is 0 Å². The first-order chi connectivity index (χ1) is 17.9. The number of anilines is 2. The second kappa shape index (κ2) is 12.0. The molecule has 2 N–H and O–H groups in total. The normalized spacial score (nSPS) is 14.7. The highest BCUT2D eigenvalue weighted by Gasteiger charge is 2.35. The van der Waals surface area contributed by atoms with Crippen LogP contribution in [0.5, 0.6) is 11.5 Å². The lowest BCUT2D eigenvalue weighted by atomic mass is 9.94. The number of amides is 1. The quantitative estimate of drug-likeness (QED) is 0.260. The standard InChI is InChI=1S/C27H32BrN5O3S/c1-6-13-37-27-31-26-29-17(5)22(25(34)30-20-12-10-9-11-16(20)4)23(33(26)32-27)18-14-19(28)24(36-8-3)21(15-18)35-7-2/h9-12,14-15,23H,6-8,13H2,1-5H3,(H,30,34)(H,29,31,32). The highest BCUT2D eigenvalue weighted by Crippen LogP contribution is 2.43. The first-order valence-corrected chi connectivity index (χ1v) is 14.2. The average Bonchev–Trinajstić information content (AvgIpc) is 3.27. The molecule has 0 aliphatic carbocycles. The summed E-state index contributed by atoms with van der Waals surface area (Å²) >= 11 is 5.26. The predicted molar refractivity (Wildman–Crippen MR) is 152 cm³/mol. The van der Waals surface area contributed by atoms with Gasteiger partial charge in [-0.3, -0.25) is 4.79 Å². The molecule has 0 radical (unpaired) electrons. The van der Waals surface area contributed by atoms with Crippen LogP contribution in [0, 0.1) is 6.92 Å². The van der Waals surface area contributed by atoms with Crippen LogP contribution in [-0.2, 0) is 4.79 Å². The first kappa shape index (κ1) is 27.1. The van der Waals surface area contributed by atoms with Crippen LogP contribution in [-0.4, -0.2) is 39.6 Å². The number of fused-ring (bicyclic) bond motifs is 1. The second-order valence-electron chi connectivity index (χ2n) is 8.54. The monoisotopic (exact) mass is 585 g/mol. The molecule has 37 heavy (non-hydrogen) atoms. The number of hydrogen-bond acceptors (Lipinski definition) is 7. The van der Waals surface area contributed by atoms with E-state index < -0.39 is 6.04 Å². The van der Waals surface area contributed by atoms with E-state index in [2.05, 4.69) is 33.5 Å². The number of para-hydroxylation sites is 1. The fraction of sp³-hybridized carbons (Fsp3) is 0.370. The maximum atomic E-state index is 13.8. The van der Waals surface area contributed by atoms with E-state index in [1.165, 1.54) is 0 Å². The molecule has 1 aromatic heterocycles. The van der Waals surface area contributed by atoms with Crippen molar-refractivity contribution in [3.63, 3.8) is 0 Å². The number of allylic oxidation sites excluding steroid dienone is 1. The molecular weight excluding hydrogens is 554 g/mol. The SMILES string of the molecule is CCCSc1nc2n(n1)C(c1cc(Br)c(OCC)c(OCC)c1)C(C(=O)Nc1ccccc1C)=C(C)N2. The zero-order valence-electron chi connectivity index (χ0n) is 21.7. The summed E-state index contributed by atoms with van der Waals surface area (Å²) in [6.07, 6.45) is 1.01. The number of nitrogens with one attached hydrogen (secondary N) is 2. The van der Waals surface area contributed by atoms with Gasteiger partial charge in [-0.25, -0.2) is 4.68 Å². The lowest BCUT2D eigenvalue weighted by molar-refractivity contribution is -0.113. The van der Waals surface area contributed by atoms with Crippen LogP contribution in [0.2, 0.25) is 0 Å². The number of hydrogen-bond donors (Lipinski definition) is 2. The van der Waals surface area contributed by atoms with Crippen molar-refractivity contribution in [1.82, 2.24) is 14.8 Å². The summed E-state index contributed by atoms with van der Waals surface area (Å²) in [5.41, 5.74) is 3.83. The number of ether oxygens (including phenoxy) is 2. The van der Waals surface area contributed by atoms with E-state index in [1.54, 1.807) is 16.4 Å². The van der Waals surface area contributed by atoms with Gasteiger partial charge in [-0.2, -0.15) is 4.98 Å². The smallest absolute Gasteiger partial charge is 0.255 e. The summed E-state index contributed by atoms with van der Waals surface area (Å²) in [5.74, 6) is 2.52. The van der Waals surface area contributed by atoms with E-state index in [0.29, 0.717) is 47.1 Å². The Morgan fingerprint density at radius 3 is 2.62 bits per heavy atom. The minimum Gasteiger partial charge on any atom is -0.490 e. The lowest BCUT2D eigenvalue weighted by Gasteiger charge is -2.29. The molecule has 1 aliphatic rings. The number of thioether (sulfide) groups is 1. The Balaban J connectivity index is 1.84. The molecule has 0 saturated carbocycles. The minimum atomic E-state index is -0.532. The van der Waals surface area contributed by atoms with Crippen molar-refractivity contribution >= 4 is 45.2 Å². The summed E-state index contributed by atoms with van der Waals surface area (Å²) in [6.45, 7) is 10.8. The number of benzene rings is 2. The second-order valence-corrected chi connectivity index (χ2v) is 10.5. The van der Waals surface area contributed by atoms with Crippen molar-refractivity contribution in [2.24, 2.45) is 0 Å². The molecule has 2 heterocycles. The van der Waals surface area contributed by atoms with Gasteiger partial charge in [0.1, 0.15) is 6.04 Å². The molecule has 1 atom stereocenters. The molecule has 3 aromatic rings. The van der Waals surface area contributed by atoms with Gasteiger partial charge in [-0.1, -0.05) is 36.9 Å². The molecule has 1 aliphatic heterocycles. The van der Waals surface area contributed by atoms with Crippen molar-refractivity contribution in [1.29, 1.82) is 0 Å². The predicted octanol–water partition coefficient (Wildman–Crippen LogP) is 6.58. The number of carbonyl (C=O) groups is 1. The number of aromatic nitrogens is 3. The van der Waals surface area contributed by atoms with Gasteiger partial charge >= 0.3 is 0 Å². The van der Waals surface area contributed by atoms with E-state index >= 15 is 0 Å². The van der Waals surface area contributed by atoms with E-state index in [-0.39, 0.29) is 5.91 Å². The van der Waals surface area contributed by atoms with Gasteiger partial charge < -0.3 is 20.1 Å². The number of halogens is 1. The number of nitrogens with zero attached hydrogens (tertiary/aromatic N) is 3. The fourth-order valence-corrected chi connectivity index (χ4v) is 5.44. The maximum Gasteiger partial charge on any atom is 0.255 e. The molecule has 0 spiro atoms. The van der Waals surface area contributed by atoms with Crippen molar-refractivity contribution < 1.29 is 14.3 Å². The van der Waals surface area contributed by atoms with E-state index in [4.69, 9.17) is 19.6 Å². The molecule has 8 nitrogen and oxygen atoms in total. The highest BCUT2D eigenvalue weighted by molar-refractivity contribution is 9.10. The van der Waals surface area contributed by atoms with Crippen molar-refractivity contribution in [2.45, 2.75) is 52.2 Å². The molecule has 196 valence electrons. The Kier molecular flexibility index (Phi) is 8.81. The Morgan fingerprint density at radius 2 is 1.92 bits per heavy atom. The summed E-state index contributed by atoms with van der Waals surface area (Å²) in [4.78, 5) is 18.5. The van der Waals surface area contributed by atoms with Gasteiger partial charge in [-0.15, -0.1) is 5.10 Å². The molecule has 2 aromatic carbocycles. The van der Waals surface area contributed by atoms with E-state index in [9.17, 15) is 4.79 Å². The van der Waals surface area contributed by atoms with Gasteiger partial charge in [-0.05, 0) is 79.4 Å². The molecule has 4 rings (SSSR count). The molecule has 0 saturated heterocycles. The van der Waals surface area contributed by atoms with Gasteiger partial charge in [0.15, 0.2) is 11.5 Å². The zero-order valence-corrected chi connectivity index (χ0v) is 24.1. The van der Waals surface area contributed by atoms with Crippen molar-refractivity contribution in [2.75, 3.05) is 29.6 Å². The maximum absolute atomic E-state index is 13.8. The van der Waals surface area contributed by atoms with Crippen molar-refractivity contribution in [3.8, 4) is 11.5 Å². The van der Waals surface area contributed by atoms with Gasteiger partial charge in [0.25, 0.3) is 5.91 Å². The highest BCUT2D eigenvalue weighted by atomic mass is 79.9. The van der Waals surface area contributed by atoms with Crippen LogP contribution in [0.3, 0.4) is 0 Å². The van der Waals surface area contributed by atoms with Crippen molar-refractivity contribution in [3.05, 3.63) is 63.3 Å². The number of aryl methyl sites for hydroxylation is 1. The number of carbonyl (C=O) groups excluding carboxylic acids is 1. The summed E-state index contributed by atoms with van der Waals surface area (Å²) in [6, 6.07) is 11.1. The van der Waals surface area contributed by atoms with Crippen LogP contribution in [0.15, 0.2) is 57.3 Å². The summed E-state index contributed by atoms with van der Waals surface area (Å²) in [5, 5.41) is 11.9. The van der Waals surface area contributed by atoms with Crippen LogP contribution in [0.4, 0.5) is 11.6 Å². The molecule has 0 fully saturated rings. The van der Waals surface area contributed by atoms with E-state index in [0.717, 1.165) is 33.5 Å². The van der Waals surface area contributed by atoms with Gasteiger partial charge in [0.2, 0.25) is 11.1 Å². The third-order valence-corrected chi connectivity index (χ3v) is 7.47. The van der Waals surface area contributed by atoms with E-state index in [1.807, 2.05) is 64.1 Å². The van der Waals surface area contributed by atoms with Crippen LogP contribution >= 0.6 is 27.7 Å². The minimum absolute atomic E-state index is 0.212. The summed E-state index contributed by atoms with van der Waals surface area (Å²) in [7, 11) is 0. The van der Waals surface area contributed by atoms with Crippen LogP contribution < -0.4 is 20.1 Å². The lowest BCUT2D eigenvalue weighted by Crippen LogP contribution is -2.31. The third-order valence-electron chi connectivity index (χ3n) is 5.84. The zero-order chi connectivity index (χ0) is 26.5. The Labute approximate surface area is 230 Å². The molecule has 0 bridgehead atoms. The molecule has 1 unspecified atom stereocenters. The van der Waals surface area contributed by atoms with Gasteiger partial charge in [0.05, 0.1) is 23.3 Å². The first-order valence-electron chi connectivity index (χ1n) is 12.4. The fourth-order valence-electron chi connectivity index (χ4n) is 4.18. The third kappa shape index (κ3) is 5.80. The van der Waals surface area contributed by atoms with Gasteiger partial charge in [0, 0.05) is 17.1 Å². The molecule has 10 heteroatoms. The summed E-state index contributed by atoms with van der Waals surface area (Å²) < 4.78 is 14.3. The Bertz CT molecular complexity index is 1320. The molecule has 1 amide bonds. The van der Waals surface area contributed by atoms with Crippen LogP contribution in [0.1, 0.15) is 51.3 Å².